The molecule has 1 aliphatic carbocycles. The van der Waals surface area contributed by atoms with Gasteiger partial charge in [-0.05, 0) is 24.3 Å². The molecule has 1 radical (unpaired) electrons. The monoisotopic (exact) mass is 201 g/mol. The minimum Gasteiger partial charge on any atom is -0.405 e. The van der Waals surface area contributed by atoms with Crippen LogP contribution in [-0.4, -0.2) is 6.36 Å². The standard InChI is InChI=1S/C10H8F3O/c11-10(12,13)14-9-4-2-1-3-8(9)7-5-6-7/h1-3,7H,5-6H2. The molecule has 0 aliphatic heterocycles. The van der Waals surface area contributed by atoms with Gasteiger partial charge in [-0.15, -0.1) is 13.2 Å². The number of para-hydroxylation sites is 1. The first-order chi connectivity index (χ1) is 6.56. The highest BCUT2D eigenvalue weighted by Crippen LogP contribution is 2.44. The third-order valence-corrected chi connectivity index (χ3v) is 2.08. The summed E-state index contributed by atoms with van der Waals surface area (Å²) in [6.07, 6.45) is -2.75. The van der Waals surface area contributed by atoms with Crippen LogP contribution in [0.15, 0.2) is 18.2 Å². The molecule has 0 unspecified atom stereocenters. The molecule has 14 heavy (non-hydrogen) atoms. The zero-order valence-electron chi connectivity index (χ0n) is 7.27. The van der Waals surface area contributed by atoms with E-state index in [1.54, 1.807) is 12.1 Å². The van der Waals surface area contributed by atoms with E-state index in [9.17, 15) is 13.2 Å². The quantitative estimate of drug-likeness (QED) is 0.713. The second-order valence-corrected chi connectivity index (χ2v) is 3.28. The number of halogens is 3. The normalized spacial score (nSPS) is 16.8. The number of hydrogen-bond donors (Lipinski definition) is 0. The van der Waals surface area contributed by atoms with Gasteiger partial charge in [0.15, 0.2) is 0 Å². The van der Waals surface area contributed by atoms with E-state index in [-0.39, 0.29) is 11.7 Å². The van der Waals surface area contributed by atoms with E-state index in [1.807, 2.05) is 0 Å². The first-order valence-corrected chi connectivity index (χ1v) is 4.32. The Morgan fingerprint density at radius 3 is 2.64 bits per heavy atom. The van der Waals surface area contributed by atoms with Gasteiger partial charge in [0.1, 0.15) is 5.75 Å². The van der Waals surface area contributed by atoms with Gasteiger partial charge in [0.2, 0.25) is 0 Å². The Morgan fingerprint density at radius 2 is 2.07 bits per heavy atom. The van der Waals surface area contributed by atoms with Crippen LogP contribution in [0.3, 0.4) is 0 Å². The van der Waals surface area contributed by atoms with Crippen molar-refractivity contribution in [3.63, 3.8) is 0 Å². The predicted molar refractivity (Wildman–Crippen MR) is 43.9 cm³/mol. The van der Waals surface area contributed by atoms with Gasteiger partial charge in [0, 0.05) is 6.07 Å². The van der Waals surface area contributed by atoms with Crippen molar-refractivity contribution in [2.45, 2.75) is 25.1 Å². The average molecular weight is 201 g/mol. The van der Waals surface area contributed by atoms with Gasteiger partial charge in [0.05, 0.1) is 0 Å². The lowest BCUT2D eigenvalue weighted by Crippen LogP contribution is -2.18. The van der Waals surface area contributed by atoms with Crippen molar-refractivity contribution >= 4 is 0 Å². The molecule has 75 valence electrons. The molecule has 0 atom stereocenters. The molecule has 1 aromatic carbocycles. The Balaban J connectivity index is 2.23. The fraction of sp³-hybridized carbons (Fsp3) is 0.400. The van der Waals surface area contributed by atoms with Crippen LogP contribution >= 0.6 is 0 Å². The third-order valence-electron chi connectivity index (χ3n) is 2.08. The zero-order chi connectivity index (χ0) is 10.2. The summed E-state index contributed by atoms with van der Waals surface area (Å²) in [5.74, 6) is 0.0484. The van der Waals surface area contributed by atoms with Crippen LogP contribution in [0.25, 0.3) is 0 Å². The lowest BCUT2D eigenvalue weighted by atomic mass is 10.1. The fourth-order valence-corrected chi connectivity index (χ4v) is 1.35. The summed E-state index contributed by atoms with van der Waals surface area (Å²) in [6.45, 7) is 0. The summed E-state index contributed by atoms with van der Waals surface area (Å²) in [4.78, 5) is 0. The van der Waals surface area contributed by atoms with Gasteiger partial charge >= 0.3 is 6.36 Å². The molecular weight excluding hydrogens is 193 g/mol. The van der Waals surface area contributed by atoms with Crippen molar-refractivity contribution in [2.24, 2.45) is 0 Å². The highest BCUT2D eigenvalue weighted by Gasteiger charge is 2.34. The van der Waals surface area contributed by atoms with Gasteiger partial charge in [-0.2, -0.15) is 0 Å². The Kier molecular flexibility index (Phi) is 2.13. The van der Waals surface area contributed by atoms with Gasteiger partial charge in [0.25, 0.3) is 0 Å². The second kappa shape index (κ2) is 3.19. The summed E-state index contributed by atoms with van der Waals surface area (Å²) in [5.41, 5.74) is 0.616. The number of alkyl halides is 3. The maximum absolute atomic E-state index is 12.0. The third kappa shape index (κ3) is 2.19. The lowest BCUT2D eigenvalue weighted by Gasteiger charge is -2.11. The summed E-state index contributed by atoms with van der Waals surface area (Å²) < 4.78 is 39.8. The molecule has 4 heteroatoms. The first-order valence-electron chi connectivity index (χ1n) is 4.32. The van der Waals surface area contributed by atoms with Crippen molar-refractivity contribution in [1.82, 2.24) is 0 Å². The van der Waals surface area contributed by atoms with Gasteiger partial charge in [-0.1, -0.05) is 18.2 Å². The molecule has 0 spiro atoms. The fourth-order valence-electron chi connectivity index (χ4n) is 1.35. The molecule has 1 aliphatic rings. The van der Waals surface area contributed by atoms with Crippen molar-refractivity contribution in [3.05, 3.63) is 29.8 Å². The molecule has 0 aromatic heterocycles. The van der Waals surface area contributed by atoms with Crippen molar-refractivity contribution in [3.8, 4) is 5.75 Å². The molecular formula is C10H8F3O. The van der Waals surface area contributed by atoms with Gasteiger partial charge in [-0.3, -0.25) is 0 Å². The van der Waals surface area contributed by atoms with Gasteiger partial charge in [-0.25, -0.2) is 0 Å². The predicted octanol–water partition coefficient (Wildman–Crippen LogP) is 3.26. The topological polar surface area (TPSA) is 9.23 Å². The summed E-state index contributed by atoms with van der Waals surface area (Å²) in [7, 11) is 0. The molecule has 1 aromatic rings. The van der Waals surface area contributed by atoms with Crippen LogP contribution in [0, 0.1) is 6.07 Å². The van der Waals surface area contributed by atoms with E-state index in [0.717, 1.165) is 12.8 Å². The van der Waals surface area contributed by atoms with Crippen LogP contribution in [0.1, 0.15) is 24.3 Å². The Bertz CT molecular complexity index is 328. The van der Waals surface area contributed by atoms with Crippen molar-refractivity contribution < 1.29 is 17.9 Å². The van der Waals surface area contributed by atoms with Crippen molar-refractivity contribution in [1.29, 1.82) is 0 Å². The second-order valence-electron chi connectivity index (χ2n) is 3.28. The minimum atomic E-state index is -4.62. The van der Waals surface area contributed by atoms with E-state index in [1.165, 1.54) is 6.07 Å². The Labute approximate surface area is 79.5 Å². The van der Waals surface area contributed by atoms with Crippen LogP contribution in [0.5, 0.6) is 5.75 Å². The summed E-state index contributed by atoms with van der Waals surface area (Å²) in [5, 5.41) is 0. The average Bonchev–Trinajstić information content (AvgIpc) is 2.85. The molecule has 0 heterocycles. The van der Waals surface area contributed by atoms with Gasteiger partial charge < -0.3 is 4.74 Å². The molecule has 0 bridgehead atoms. The van der Waals surface area contributed by atoms with Crippen molar-refractivity contribution in [2.75, 3.05) is 0 Å². The van der Waals surface area contributed by atoms with E-state index in [2.05, 4.69) is 10.8 Å². The van der Waals surface area contributed by atoms with E-state index < -0.39 is 6.36 Å². The maximum Gasteiger partial charge on any atom is 0.573 e. The summed E-state index contributed by atoms with van der Waals surface area (Å²) >= 11 is 0. The number of hydrogen-bond acceptors (Lipinski definition) is 1. The molecule has 1 fully saturated rings. The highest BCUT2D eigenvalue weighted by atomic mass is 19.4. The smallest absolute Gasteiger partial charge is 0.405 e. The first kappa shape index (κ1) is 9.37. The molecule has 2 rings (SSSR count). The Morgan fingerprint density at radius 1 is 1.36 bits per heavy atom. The molecule has 1 nitrogen and oxygen atoms in total. The zero-order valence-corrected chi connectivity index (χ0v) is 7.27. The van der Waals surface area contributed by atoms with E-state index in [0.29, 0.717) is 5.56 Å². The number of benzene rings is 1. The van der Waals surface area contributed by atoms with Crippen LogP contribution < -0.4 is 4.74 Å². The summed E-state index contributed by atoms with van der Waals surface area (Å²) in [6, 6.07) is 7.24. The number of ether oxygens (including phenoxy) is 1. The molecule has 0 N–H and O–H groups in total. The van der Waals surface area contributed by atoms with E-state index in [4.69, 9.17) is 0 Å². The molecule has 0 amide bonds. The maximum atomic E-state index is 12.0. The Hall–Kier alpha value is -1.19. The largest absolute Gasteiger partial charge is 0.573 e. The van der Waals surface area contributed by atoms with Crippen LogP contribution in [0.2, 0.25) is 0 Å². The number of rotatable bonds is 2. The molecule has 0 saturated heterocycles. The van der Waals surface area contributed by atoms with Crippen LogP contribution in [0.4, 0.5) is 13.2 Å². The van der Waals surface area contributed by atoms with Crippen LogP contribution in [-0.2, 0) is 0 Å². The SMILES string of the molecule is FC(F)(F)Oc1[c]cccc1C1CC1. The molecule has 1 saturated carbocycles. The highest BCUT2D eigenvalue weighted by molar-refractivity contribution is 5.37. The lowest BCUT2D eigenvalue weighted by molar-refractivity contribution is -0.275. The minimum absolute atomic E-state index is 0.178. The van der Waals surface area contributed by atoms with E-state index >= 15 is 0 Å².